The molecule has 4 heteroatoms. The van der Waals surface area contributed by atoms with Crippen molar-refractivity contribution < 1.29 is 9.53 Å². The van der Waals surface area contributed by atoms with Crippen LogP contribution in [-0.2, 0) is 11.2 Å². The minimum atomic E-state index is -0.0868. The number of hydrogen-bond donors (Lipinski definition) is 1. The molecule has 0 spiro atoms. The Morgan fingerprint density at radius 2 is 1.78 bits per heavy atom. The Labute approximate surface area is 146 Å². The van der Waals surface area contributed by atoms with Gasteiger partial charge >= 0.3 is 0 Å². The van der Waals surface area contributed by atoms with Crippen molar-refractivity contribution in [2.45, 2.75) is 26.7 Å². The molecule has 2 aromatic rings. The number of benzene rings is 2. The first-order chi connectivity index (χ1) is 11.1. The van der Waals surface area contributed by atoms with Crippen molar-refractivity contribution in [3.05, 3.63) is 63.6 Å². The minimum absolute atomic E-state index is 0.0475. The Bertz CT molecular complexity index is 633. The molecule has 0 heterocycles. The molecular formula is C19H22BrNO2. The van der Waals surface area contributed by atoms with Crippen molar-refractivity contribution in [1.29, 1.82) is 0 Å². The molecule has 0 saturated heterocycles. The van der Waals surface area contributed by atoms with Crippen LogP contribution in [0, 0.1) is 13.8 Å². The zero-order chi connectivity index (χ0) is 16.7. The van der Waals surface area contributed by atoms with Gasteiger partial charge in [-0.05, 0) is 55.5 Å². The Morgan fingerprint density at radius 1 is 1.13 bits per heavy atom. The summed E-state index contributed by atoms with van der Waals surface area (Å²) in [4.78, 5) is 11.8. The molecule has 0 aromatic heterocycles. The average Bonchev–Trinajstić information content (AvgIpc) is 2.55. The van der Waals surface area contributed by atoms with Crippen LogP contribution in [0.3, 0.4) is 0 Å². The number of halogens is 1. The molecule has 0 radical (unpaired) electrons. The van der Waals surface area contributed by atoms with E-state index in [4.69, 9.17) is 4.74 Å². The van der Waals surface area contributed by atoms with Gasteiger partial charge in [0.15, 0.2) is 6.61 Å². The maximum atomic E-state index is 11.8. The second-order valence-corrected chi connectivity index (χ2v) is 6.39. The first-order valence-electron chi connectivity index (χ1n) is 7.76. The van der Waals surface area contributed by atoms with Crippen LogP contribution in [0.15, 0.2) is 46.9 Å². The van der Waals surface area contributed by atoms with Crippen LogP contribution in [0.5, 0.6) is 5.75 Å². The predicted octanol–water partition coefficient (Wildman–Crippen LogP) is 4.19. The predicted molar refractivity (Wildman–Crippen MR) is 96.9 cm³/mol. The Hall–Kier alpha value is -1.81. The second-order valence-electron chi connectivity index (χ2n) is 5.60. The van der Waals surface area contributed by atoms with Gasteiger partial charge in [0.25, 0.3) is 5.91 Å². The van der Waals surface area contributed by atoms with Crippen LogP contribution in [0.1, 0.15) is 23.1 Å². The van der Waals surface area contributed by atoms with E-state index < -0.39 is 0 Å². The van der Waals surface area contributed by atoms with Gasteiger partial charge in [-0.2, -0.15) is 0 Å². The van der Waals surface area contributed by atoms with Crippen LogP contribution in [-0.4, -0.2) is 19.1 Å². The summed E-state index contributed by atoms with van der Waals surface area (Å²) in [5.74, 6) is 0.638. The molecule has 23 heavy (non-hydrogen) atoms. The van der Waals surface area contributed by atoms with Gasteiger partial charge in [0.2, 0.25) is 0 Å². The number of hydrogen-bond acceptors (Lipinski definition) is 2. The van der Waals surface area contributed by atoms with Crippen molar-refractivity contribution in [1.82, 2.24) is 5.32 Å². The number of ether oxygens (including phenoxy) is 1. The number of amides is 1. The van der Waals surface area contributed by atoms with E-state index in [1.165, 1.54) is 5.56 Å². The number of carbonyl (C=O) groups is 1. The molecule has 0 aliphatic rings. The monoisotopic (exact) mass is 375 g/mol. The van der Waals surface area contributed by atoms with Gasteiger partial charge in [-0.15, -0.1) is 0 Å². The topological polar surface area (TPSA) is 38.3 Å². The van der Waals surface area contributed by atoms with Crippen LogP contribution in [0.25, 0.3) is 0 Å². The molecular weight excluding hydrogens is 354 g/mol. The highest BCUT2D eigenvalue weighted by Crippen LogP contribution is 2.26. The van der Waals surface area contributed by atoms with Crippen LogP contribution < -0.4 is 10.1 Å². The van der Waals surface area contributed by atoms with Gasteiger partial charge in [-0.1, -0.05) is 46.3 Å². The zero-order valence-electron chi connectivity index (χ0n) is 13.6. The maximum absolute atomic E-state index is 11.8. The molecule has 1 amide bonds. The quantitative estimate of drug-likeness (QED) is 0.736. The van der Waals surface area contributed by atoms with E-state index in [0.29, 0.717) is 6.54 Å². The average molecular weight is 376 g/mol. The molecule has 1 N–H and O–H groups in total. The minimum Gasteiger partial charge on any atom is -0.484 e. The van der Waals surface area contributed by atoms with Gasteiger partial charge in [-0.25, -0.2) is 0 Å². The highest BCUT2D eigenvalue weighted by atomic mass is 79.9. The molecule has 0 bridgehead atoms. The SMILES string of the molecule is Cc1cc(OCC(=O)NCCCc2ccccc2)cc(C)c1Br. The summed E-state index contributed by atoms with van der Waals surface area (Å²) in [5.41, 5.74) is 3.49. The Balaban J connectivity index is 1.69. The molecule has 2 rings (SSSR count). The fraction of sp³-hybridized carbons (Fsp3) is 0.316. The molecule has 2 aromatic carbocycles. The summed E-state index contributed by atoms with van der Waals surface area (Å²) in [6.45, 7) is 4.72. The highest BCUT2D eigenvalue weighted by Gasteiger charge is 2.06. The summed E-state index contributed by atoms with van der Waals surface area (Å²) in [6.07, 6.45) is 1.89. The Morgan fingerprint density at radius 3 is 2.43 bits per heavy atom. The van der Waals surface area contributed by atoms with Crippen LogP contribution in [0.2, 0.25) is 0 Å². The fourth-order valence-corrected chi connectivity index (χ4v) is 2.58. The maximum Gasteiger partial charge on any atom is 0.257 e. The third kappa shape index (κ3) is 5.71. The van der Waals surface area contributed by atoms with E-state index in [9.17, 15) is 4.79 Å². The molecule has 0 aliphatic heterocycles. The summed E-state index contributed by atoms with van der Waals surface area (Å²) in [7, 11) is 0. The molecule has 3 nitrogen and oxygen atoms in total. The van der Waals surface area contributed by atoms with E-state index in [0.717, 1.165) is 34.2 Å². The van der Waals surface area contributed by atoms with Gasteiger partial charge in [-0.3, -0.25) is 4.79 Å². The standard InChI is InChI=1S/C19H22BrNO2/c1-14-11-17(12-15(2)19(14)20)23-13-18(22)21-10-6-9-16-7-4-3-5-8-16/h3-5,7-8,11-12H,6,9-10,13H2,1-2H3,(H,21,22). The van der Waals surface area contributed by atoms with E-state index in [1.54, 1.807) is 0 Å². The van der Waals surface area contributed by atoms with Crippen molar-refractivity contribution in [2.24, 2.45) is 0 Å². The third-order valence-corrected chi connectivity index (χ3v) is 4.84. The first kappa shape index (κ1) is 17.5. The number of nitrogens with one attached hydrogen (secondary N) is 1. The van der Waals surface area contributed by atoms with Gasteiger partial charge in [0.05, 0.1) is 0 Å². The molecule has 0 fully saturated rings. The molecule has 122 valence electrons. The van der Waals surface area contributed by atoms with E-state index in [1.807, 2.05) is 44.2 Å². The molecule has 0 aliphatic carbocycles. The van der Waals surface area contributed by atoms with Crippen molar-refractivity contribution in [3.63, 3.8) is 0 Å². The summed E-state index contributed by atoms with van der Waals surface area (Å²) in [6, 6.07) is 14.1. The van der Waals surface area contributed by atoms with Crippen molar-refractivity contribution in [3.8, 4) is 5.75 Å². The van der Waals surface area contributed by atoms with E-state index in [2.05, 4.69) is 33.4 Å². The van der Waals surface area contributed by atoms with E-state index >= 15 is 0 Å². The van der Waals surface area contributed by atoms with Gasteiger partial charge in [0, 0.05) is 11.0 Å². The van der Waals surface area contributed by atoms with Crippen molar-refractivity contribution in [2.75, 3.05) is 13.2 Å². The Kier molecular flexibility index (Phi) is 6.66. The second kappa shape index (κ2) is 8.73. The smallest absolute Gasteiger partial charge is 0.257 e. The molecule has 0 unspecified atom stereocenters. The van der Waals surface area contributed by atoms with Crippen molar-refractivity contribution >= 4 is 21.8 Å². The zero-order valence-corrected chi connectivity index (χ0v) is 15.2. The third-order valence-electron chi connectivity index (χ3n) is 3.59. The first-order valence-corrected chi connectivity index (χ1v) is 8.55. The highest BCUT2D eigenvalue weighted by molar-refractivity contribution is 9.10. The van der Waals surface area contributed by atoms with Crippen LogP contribution >= 0.6 is 15.9 Å². The number of carbonyl (C=O) groups excluding carboxylic acids is 1. The lowest BCUT2D eigenvalue weighted by molar-refractivity contribution is -0.123. The summed E-state index contributed by atoms with van der Waals surface area (Å²) in [5, 5.41) is 2.89. The summed E-state index contributed by atoms with van der Waals surface area (Å²) >= 11 is 3.52. The van der Waals surface area contributed by atoms with Gasteiger partial charge < -0.3 is 10.1 Å². The lowest BCUT2D eigenvalue weighted by atomic mass is 10.1. The number of aryl methyl sites for hydroxylation is 3. The molecule has 0 atom stereocenters. The lowest BCUT2D eigenvalue weighted by Gasteiger charge is -2.10. The number of rotatable bonds is 7. The van der Waals surface area contributed by atoms with E-state index in [-0.39, 0.29) is 12.5 Å². The van der Waals surface area contributed by atoms with Crippen LogP contribution in [0.4, 0.5) is 0 Å². The molecule has 0 saturated carbocycles. The normalized spacial score (nSPS) is 10.4. The lowest BCUT2D eigenvalue weighted by Crippen LogP contribution is -2.29. The fourth-order valence-electron chi connectivity index (χ4n) is 2.35. The summed E-state index contributed by atoms with van der Waals surface area (Å²) < 4.78 is 6.65. The largest absolute Gasteiger partial charge is 0.484 e. The van der Waals surface area contributed by atoms with Gasteiger partial charge in [0.1, 0.15) is 5.75 Å².